The van der Waals surface area contributed by atoms with E-state index in [1.54, 1.807) is 6.07 Å². The second kappa shape index (κ2) is 5.61. The van der Waals surface area contributed by atoms with Crippen molar-refractivity contribution in [2.75, 3.05) is 20.7 Å². The summed E-state index contributed by atoms with van der Waals surface area (Å²) in [5, 5.41) is 0. The molecule has 1 aromatic rings. The molecule has 0 aliphatic rings. The molecule has 0 atom stereocenters. The zero-order valence-electron chi connectivity index (χ0n) is 9.79. The number of ether oxygens (including phenoxy) is 1. The Kier molecular flexibility index (Phi) is 4.43. The van der Waals surface area contributed by atoms with Gasteiger partial charge in [-0.25, -0.2) is 4.39 Å². The van der Waals surface area contributed by atoms with Gasteiger partial charge in [0.1, 0.15) is 5.82 Å². The molecular weight excluding hydrogens is 209 g/mol. The number of rotatable bonds is 4. The van der Waals surface area contributed by atoms with Crippen LogP contribution in [0.2, 0.25) is 0 Å². The summed E-state index contributed by atoms with van der Waals surface area (Å²) in [5.41, 5.74) is 1.89. The van der Waals surface area contributed by atoms with Crippen molar-refractivity contribution in [3.05, 3.63) is 35.1 Å². The first kappa shape index (κ1) is 12.6. The van der Waals surface area contributed by atoms with Gasteiger partial charge in [0.25, 0.3) is 0 Å². The Balaban J connectivity index is 2.62. The average molecular weight is 225 g/mol. The highest BCUT2D eigenvalue weighted by molar-refractivity contribution is 5.71. The molecule has 0 aliphatic carbocycles. The normalized spacial score (nSPS) is 10.6. The van der Waals surface area contributed by atoms with Gasteiger partial charge >= 0.3 is 5.97 Å². The molecule has 0 amide bonds. The molecule has 16 heavy (non-hydrogen) atoms. The fourth-order valence-electron chi connectivity index (χ4n) is 1.47. The summed E-state index contributed by atoms with van der Waals surface area (Å²) in [5.74, 6) is -0.515. The van der Waals surface area contributed by atoms with E-state index in [1.807, 2.05) is 18.9 Å². The first-order valence-corrected chi connectivity index (χ1v) is 5.03. The molecule has 4 heteroatoms. The van der Waals surface area contributed by atoms with Crippen LogP contribution < -0.4 is 0 Å². The fraction of sp³-hybridized carbons (Fsp3) is 0.417. The Morgan fingerprint density at radius 3 is 2.75 bits per heavy atom. The van der Waals surface area contributed by atoms with Gasteiger partial charge in [-0.3, -0.25) is 9.69 Å². The highest BCUT2D eigenvalue weighted by atomic mass is 19.1. The van der Waals surface area contributed by atoms with Gasteiger partial charge in [-0.2, -0.15) is 0 Å². The molecule has 0 N–H and O–H groups in total. The van der Waals surface area contributed by atoms with E-state index >= 15 is 0 Å². The molecule has 0 radical (unpaired) electrons. The van der Waals surface area contributed by atoms with Crippen molar-refractivity contribution in [3.63, 3.8) is 0 Å². The summed E-state index contributed by atoms with van der Waals surface area (Å²) in [6.07, 6.45) is 0. The zero-order chi connectivity index (χ0) is 12.1. The highest BCUT2D eigenvalue weighted by Crippen LogP contribution is 2.11. The summed E-state index contributed by atoms with van der Waals surface area (Å²) in [6.45, 7) is 2.68. The van der Waals surface area contributed by atoms with E-state index in [1.165, 1.54) is 19.2 Å². The molecule has 1 rings (SSSR count). The first-order chi connectivity index (χ1) is 7.52. The third kappa shape index (κ3) is 3.62. The lowest BCUT2D eigenvalue weighted by Gasteiger charge is -2.16. The third-order valence-electron chi connectivity index (χ3n) is 2.37. The molecule has 1 aromatic carbocycles. The van der Waals surface area contributed by atoms with Crippen LogP contribution in [0, 0.1) is 12.7 Å². The number of carbonyl (C=O) groups excluding carboxylic acids is 1. The second-order valence-electron chi connectivity index (χ2n) is 3.82. The molecule has 3 nitrogen and oxygen atoms in total. The number of nitrogens with zero attached hydrogens (tertiary/aromatic N) is 1. The maximum atomic E-state index is 12.9. The average Bonchev–Trinajstić information content (AvgIpc) is 2.22. The first-order valence-electron chi connectivity index (χ1n) is 5.03. The van der Waals surface area contributed by atoms with Crippen molar-refractivity contribution in [1.29, 1.82) is 0 Å². The van der Waals surface area contributed by atoms with Gasteiger partial charge in [-0.05, 0) is 37.2 Å². The molecule has 0 saturated heterocycles. The molecule has 88 valence electrons. The van der Waals surface area contributed by atoms with Gasteiger partial charge < -0.3 is 4.74 Å². The monoisotopic (exact) mass is 225 g/mol. The molecule has 0 bridgehead atoms. The van der Waals surface area contributed by atoms with Crippen molar-refractivity contribution in [1.82, 2.24) is 4.90 Å². The van der Waals surface area contributed by atoms with Crippen LogP contribution in [0.3, 0.4) is 0 Å². The maximum Gasteiger partial charge on any atom is 0.319 e. The van der Waals surface area contributed by atoms with Gasteiger partial charge in [-0.15, -0.1) is 0 Å². The highest BCUT2D eigenvalue weighted by Gasteiger charge is 2.08. The smallest absolute Gasteiger partial charge is 0.319 e. The molecule has 0 fully saturated rings. The van der Waals surface area contributed by atoms with Gasteiger partial charge in [-0.1, -0.05) is 6.07 Å². The third-order valence-corrected chi connectivity index (χ3v) is 2.37. The molecule has 0 saturated carbocycles. The second-order valence-corrected chi connectivity index (χ2v) is 3.82. The minimum absolute atomic E-state index is 0.229. The van der Waals surface area contributed by atoms with E-state index in [0.29, 0.717) is 6.54 Å². The van der Waals surface area contributed by atoms with Crippen LogP contribution in [0.5, 0.6) is 0 Å². The molecule has 0 unspecified atom stereocenters. The number of likely N-dealkylation sites (N-methyl/N-ethyl adjacent to an activating group) is 1. The van der Waals surface area contributed by atoms with Crippen LogP contribution in [-0.4, -0.2) is 31.6 Å². The topological polar surface area (TPSA) is 29.5 Å². The van der Waals surface area contributed by atoms with E-state index < -0.39 is 0 Å². The SMILES string of the molecule is COC(=O)CN(C)Cc1ccc(F)cc1C. The van der Waals surface area contributed by atoms with E-state index in [-0.39, 0.29) is 18.3 Å². The van der Waals surface area contributed by atoms with Gasteiger partial charge in [0, 0.05) is 6.54 Å². The lowest BCUT2D eigenvalue weighted by atomic mass is 10.1. The predicted octanol–water partition coefficient (Wildman–Crippen LogP) is 1.74. The number of methoxy groups -OCH3 is 1. The minimum Gasteiger partial charge on any atom is -0.468 e. The predicted molar refractivity (Wildman–Crippen MR) is 59.5 cm³/mol. The Morgan fingerprint density at radius 2 is 2.19 bits per heavy atom. The lowest BCUT2D eigenvalue weighted by Crippen LogP contribution is -2.26. The Morgan fingerprint density at radius 1 is 1.50 bits per heavy atom. The number of benzene rings is 1. The number of hydrogen-bond acceptors (Lipinski definition) is 3. The molecule has 0 aromatic heterocycles. The van der Waals surface area contributed by atoms with Crippen LogP contribution in [-0.2, 0) is 16.1 Å². The van der Waals surface area contributed by atoms with Crippen molar-refractivity contribution in [3.8, 4) is 0 Å². The van der Waals surface area contributed by atoms with Crippen LogP contribution >= 0.6 is 0 Å². The quantitative estimate of drug-likeness (QED) is 0.731. The van der Waals surface area contributed by atoms with Crippen LogP contribution in [0.1, 0.15) is 11.1 Å². The lowest BCUT2D eigenvalue weighted by molar-refractivity contribution is -0.141. The Bertz CT molecular complexity index is 379. The Hall–Kier alpha value is -1.42. The van der Waals surface area contributed by atoms with E-state index in [9.17, 15) is 9.18 Å². The number of carbonyl (C=O) groups is 1. The summed E-state index contributed by atoms with van der Waals surface area (Å²) >= 11 is 0. The number of aryl methyl sites for hydroxylation is 1. The molecule has 0 aliphatic heterocycles. The van der Waals surface area contributed by atoms with Crippen molar-refractivity contribution >= 4 is 5.97 Å². The minimum atomic E-state index is -0.276. The number of hydrogen-bond donors (Lipinski definition) is 0. The largest absolute Gasteiger partial charge is 0.468 e. The van der Waals surface area contributed by atoms with E-state index in [2.05, 4.69) is 4.74 Å². The van der Waals surface area contributed by atoms with Gasteiger partial charge in [0.05, 0.1) is 13.7 Å². The van der Waals surface area contributed by atoms with Gasteiger partial charge in [0.15, 0.2) is 0 Å². The zero-order valence-corrected chi connectivity index (χ0v) is 9.79. The summed E-state index contributed by atoms with van der Waals surface area (Å²) in [7, 11) is 3.18. The fourth-order valence-corrected chi connectivity index (χ4v) is 1.47. The van der Waals surface area contributed by atoms with E-state index in [0.717, 1.165) is 11.1 Å². The van der Waals surface area contributed by atoms with Crippen LogP contribution in [0.25, 0.3) is 0 Å². The molecule has 0 heterocycles. The summed E-state index contributed by atoms with van der Waals surface area (Å²) < 4.78 is 17.4. The Labute approximate surface area is 94.8 Å². The van der Waals surface area contributed by atoms with Crippen molar-refractivity contribution < 1.29 is 13.9 Å². The van der Waals surface area contributed by atoms with E-state index in [4.69, 9.17) is 0 Å². The number of halogens is 1. The van der Waals surface area contributed by atoms with Crippen LogP contribution in [0.15, 0.2) is 18.2 Å². The molecular formula is C12H16FNO2. The standard InChI is InChI=1S/C12H16FNO2/c1-9-6-11(13)5-4-10(9)7-14(2)8-12(15)16-3/h4-6H,7-8H2,1-3H3. The maximum absolute atomic E-state index is 12.9. The van der Waals surface area contributed by atoms with Crippen molar-refractivity contribution in [2.45, 2.75) is 13.5 Å². The molecule has 0 spiro atoms. The summed E-state index contributed by atoms with van der Waals surface area (Å²) in [6, 6.07) is 4.65. The van der Waals surface area contributed by atoms with Crippen LogP contribution in [0.4, 0.5) is 4.39 Å². The number of esters is 1. The summed E-state index contributed by atoms with van der Waals surface area (Å²) in [4.78, 5) is 12.9. The van der Waals surface area contributed by atoms with Gasteiger partial charge in [0.2, 0.25) is 0 Å². The van der Waals surface area contributed by atoms with Crippen molar-refractivity contribution in [2.24, 2.45) is 0 Å².